The van der Waals surface area contributed by atoms with E-state index in [2.05, 4.69) is 4.98 Å². The summed E-state index contributed by atoms with van der Waals surface area (Å²) in [5, 5.41) is 0.807. The van der Waals surface area contributed by atoms with Crippen LogP contribution in [0, 0.1) is 11.6 Å². The van der Waals surface area contributed by atoms with Gasteiger partial charge >= 0.3 is 0 Å². The van der Waals surface area contributed by atoms with Gasteiger partial charge in [0.1, 0.15) is 6.17 Å². The number of aromatic nitrogens is 2. The minimum Gasteiger partial charge on any atom is -0.340 e. The molecular weight excluding hydrogens is 424 g/mol. The summed E-state index contributed by atoms with van der Waals surface area (Å²) in [6, 6.07) is 6.42. The summed E-state index contributed by atoms with van der Waals surface area (Å²) in [5.74, 6) is -1.47. The highest BCUT2D eigenvalue weighted by Gasteiger charge is 2.30. The highest BCUT2D eigenvalue weighted by Crippen LogP contribution is 2.35. The van der Waals surface area contributed by atoms with Crippen LogP contribution in [0.5, 0.6) is 0 Å². The SMILES string of the molecule is C[C@@H](c1ccc(Cl)c(Cl)c1)n1c(N2CC[C@@H](F)[C@H](N)C2)nc2cc(F)c(F)cc21. The Morgan fingerprint density at radius 3 is 2.55 bits per heavy atom. The molecule has 1 fully saturated rings. The second kappa shape index (κ2) is 7.70. The molecule has 0 spiro atoms. The van der Waals surface area contributed by atoms with Gasteiger partial charge in [-0.15, -0.1) is 0 Å². The van der Waals surface area contributed by atoms with E-state index in [4.69, 9.17) is 28.9 Å². The molecule has 0 radical (unpaired) electrons. The molecule has 0 bridgehead atoms. The van der Waals surface area contributed by atoms with Crippen molar-refractivity contribution in [2.45, 2.75) is 31.6 Å². The van der Waals surface area contributed by atoms with E-state index >= 15 is 0 Å². The van der Waals surface area contributed by atoms with Crippen molar-refractivity contribution in [3.63, 3.8) is 0 Å². The Kier molecular flexibility index (Phi) is 5.40. The first kappa shape index (κ1) is 20.3. The third-order valence-electron chi connectivity index (χ3n) is 5.38. The van der Waals surface area contributed by atoms with Gasteiger partial charge in [-0.3, -0.25) is 0 Å². The lowest BCUT2D eigenvalue weighted by Gasteiger charge is -2.35. The number of fused-ring (bicyclic) bond motifs is 1. The number of alkyl halides is 1. The van der Waals surface area contributed by atoms with E-state index in [0.717, 1.165) is 17.7 Å². The molecule has 9 heteroatoms. The molecule has 0 amide bonds. The Hall–Kier alpha value is -1.96. The van der Waals surface area contributed by atoms with E-state index in [-0.39, 0.29) is 19.0 Å². The molecule has 1 aromatic heterocycles. The van der Waals surface area contributed by atoms with Crippen LogP contribution in [0.2, 0.25) is 10.0 Å². The summed E-state index contributed by atoms with van der Waals surface area (Å²) >= 11 is 12.2. The smallest absolute Gasteiger partial charge is 0.207 e. The van der Waals surface area contributed by atoms with Gasteiger partial charge in [0, 0.05) is 25.2 Å². The molecule has 3 aromatic rings. The quantitative estimate of drug-likeness (QED) is 0.613. The van der Waals surface area contributed by atoms with Gasteiger partial charge in [-0.1, -0.05) is 29.3 Å². The number of hydrogen-bond acceptors (Lipinski definition) is 3. The van der Waals surface area contributed by atoms with E-state index in [0.29, 0.717) is 33.6 Å². The molecular formula is C20H19Cl2F3N4. The molecule has 4 nitrogen and oxygen atoms in total. The van der Waals surface area contributed by atoms with Crippen molar-refractivity contribution in [1.82, 2.24) is 9.55 Å². The van der Waals surface area contributed by atoms with Gasteiger partial charge in [0.05, 0.1) is 33.2 Å². The first-order valence-electron chi connectivity index (χ1n) is 9.22. The number of nitrogens with two attached hydrogens (primary N) is 1. The number of hydrogen-bond donors (Lipinski definition) is 1. The van der Waals surface area contributed by atoms with Crippen LogP contribution in [0.25, 0.3) is 11.0 Å². The van der Waals surface area contributed by atoms with Gasteiger partial charge in [-0.25, -0.2) is 18.2 Å². The van der Waals surface area contributed by atoms with Crippen LogP contribution >= 0.6 is 23.2 Å². The molecule has 1 aliphatic heterocycles. The molecule has 2 heterocycles. The fraction of sp³-hybridized carbons (Fsp3) is 0.350. The van der Waals surface area contributed by atoms with Crippen LogP contribution in [0.1, 0.15) is 24.9 Å². The third kappa shape index (κ3) is 3.67. The molecule has 0 saturated carbocycles. The van der Waals surface area contributed by atoms with Crippen LogP contribution in [-0.2, 0) is 0 Å². The fourth-order valence-electron chi connectivity index (χ4n) is 3.74. The molecule has 1 saturated heterocycles. The molecule has 3 atom stereocenters. The second-order valence-electron chi connectivity index (χ2n) is 7.30. The average Bonchev–Trinajstić information content (AvgIpc) is 3.04. The normalized spacial score (nSPS) is 21.0. The number of halogens is 5. The lowest BCUT2D eigenvalue weighted by molar-refractivity contribution is 0.243. The van der Waals surface area contributed by atoms with Crippen molar-refractivity contribution in [3.8, 4) is 0 Å². The molecule has 29 heavy (non-hydrogen) atoms. The molecule has 1 aliphatic rings. The van der Waals surface area contributed by atoms with E-state index in [1.165, 1.54) is 0 Å². The first-order chi connectivity index (χ1) is 13.8. The van der Waals surface area contributed by atoms with Crippen LogP contribution in [0.15, 0.2) is 30.3 Å². The maximum Gasteiger partial charge on any atom is 0.207 e. The Morgan fingerprint density at radius 1 is 1.14 bits per heavy atom. The zero-order chi connectivity index (χ0) is 20.9. The Morgan fingerprint density at radius 2 is 1.86 bits per heavy atom. The zero-order valence-corrected chi connectivity index (χ0v) is 17.1. The largest absolute Gasteiger partial charge is 0.340 e. The van der Waals surface area contributed by atoms with Gasteiger partial charge in [-0.2, -0.15) is 0 Å². The third-order valence-corrected chi connectivity index (χ3v) is 6.12. The predicted octanol–water partition coefficient (Wildman–Crippen LogP) is 5.11. The van der Waals surface area contributed by atoms with Crippen molar-refractivity contribution in [2.24, 2.45) is 5.73 Å². The number of anilines is 1. The van der Waals surface area contributed by atoms with Gasteiger partial charge in [-0.05, 0) is 31.0 Å². The number of imidazole rings is 1. The van der Waals surface area contributed by atoms with Crippen molar-refractivity contribution < 1.29 is 13.2 Å². The van der Waals surface area contributed by atoms with Crippen molar-refractivity contribution in [1.29, 1.82) is 0 Å². The Bertz CT molecular complexity index is 1070. The number of rotatable bonds is 3. The monoisotopic (exact) mass is 442 g/mol. The van der Waals surface area contributed by atoms with Crippen molar-refractivity contribution in [2.75, 3.05) is 18.0 Å². The molecule has 4 rings (SSSR count). The molecule has 0 unspecified atom stereocenters. The van der Waals surface area contributed by atoms with Crippen LogP contribution < -0.4 is 10.6 Å². The van der Waals surface area contributed by atoms with Gasteiger partial charge in [0.15, 0.2) is 11.6 Å². The van der Waals surface area contributed by atoms with E-state index in [9.17, 15) is 13.2 Å². The van der Waals surface area contributed by atoms with E-state index in [1.807, 2.05) is 17.9 Å². The number of piperidine rings is 1. The summed E-state index contributed by atoms with van der Waals surface area (Å²) in [6.45, 7) is 2.55. The molecule has 154 valence electrons. The maximum absolute atomic E-state index is 14.0. The molecule has 0 aliphatic carbocycles. The highest BCUT2D eigenvalue weighted by molar-refractivity contribution is 6.42. The topological polar surface area (TPSA) is 47.1 Å². The van der Waals surface area contributed by atoms with Crippen LogP contribution in [0.4, 0.5) is 19.1 Å². The lowest BCUT2D eigenvalue weighted by Crippen LogP contribution is -2.50. The first-order valence-corrected chi connectivity index (χ1v) is 9.98. The van der Waals surface area contributed by atoms with Gasteiger partial charge < -0.3 is 15.2 Å². The summed E-state index contributed by atoms with van der Waals surface area (Å²) < 4.78 is 43.5. The molecule has 2 aromatic carbocycles. The second-order valence-corrected chi connectivity index (χ2v) is 8.12. The van der Waals surface area contributed by atoms with Crippen molar-refractivity contribution >= 4 is 40.2 Å². The highest BCUT2D eigenvalue weighted by atomic mass is 35.5. The Labute approximate surface area is 176 Å². The molecule has 2 N–H and O–H groups in total. The van der Waals surface area contributed by atoms with Crippen molar-refractivity contribution in [3.05, 3.63) is 57.6 Å². The number of nitrogens with zero attached hydrogens (tertiary/aromatic N) is 3. The average molecular weight is 443 g/mol. The standard InChI is InChI=1S/C20H19Cl2F3N4/c1-10(11-2-3-12(21)13(22)6-11)29-19-8-16(25)15(24)7-18(19)27-20(29)28-5-4-14(23)17(26)9-28/h2-3,6-8,10,14,17H,4-5,9,26H2,1H3/t10-,14+,17+/m0/s1. The summed E-state index contributed by atoms with van der Waals surface area (Å²) in [6.07, 6.45) is -0.833. The van der Waals surface area contributed by atoms with E-state index in [1.54, 1.807) is 16.7 Å². The number of benzene rings is 2. The van der Waals surface area contributed by atoms with E-state index < -0.39 is 23.8 Å². The minimum atomic E-state index is -1.09. The lowest BCUT2D eigenvalue weighted by atomic mass is 10.0. The summed E-state index contributed by atoms with van der Waals surface area (Å²) in [5.41, 5.74) is 7.46. The van der Waals surface area contributed by atoms with Crippen LogP contribution in [0.3, 0.4) is 0 Å². The zero-order valence-electron chi connectivity index (χ0n) is 15.5. The predicted molar refractivity (Wildman–Crippen MR) is 110 cm³/mol. The fourth-order valence-corrected chi connectivity index (χ4v) is 4.05. The minimum absolute atomic E-state index is 0.254. The summed E-state index contributed by atoms with van der Waals surface area (Å²) in [4.78, 5) is 6.38. The van der Waals surface area contributed by atoms with Gasteiger partial charge in [0.2, 0.25) is 5.95 Å². The maximum atomic E-state index is 14.0. The Balaban J connectivity index is 1.87. The van der Waals surface area contributed by atoms with Crippen LogP contribution in [-0.4, -0.2) is 34.9 Å². The van der Waals surface area contributed by atoms with Gasteiger partial charge in [0.25, 0.3) is 0 Å². The summed E-state index contributed by atoms with van der Waals surface area (Å²) in [7, 11) is 0.